The smallest absolute Gasteiger partial charge is 0.187 e. The first-order valence-corrected chi connectivity index (χ1v) is 3.71. The first kappa shape index (κ1) is 8.95. The summed E-state index contributed by atoms with van der Waals surface area (Å²) in [6.07, 6.45) is 0. The molecule has 0 unspecified atom stereocenters. The molecule has 6 heteroatoms. The topological polar surface area (TPSA) is 75.6 Å². The van der Waals surface area contributed by atoms with Crippen molar-refractivity contribution < 1.29 is 0 Å². The highest BCUT2D eigenvalue weighted by Gasteiger charge is 1.98. The highest BCUT2D eigenvalue weighted by atomic mass is 15.3. The van der Waals surface area contributed by atoms with Crippen LogP contribution in [0.2, 0.25) is 0 Å². The van der Waals surface area contributed by atoms with Crippen molar-refractivity contribution in [2.24, 2.45) is 0 Å². The molecule has 0 bridgehead atoms. The predicted molar refractivity (Wildman–Crippen MR) is 43.1 cm³/mol. The maximum absolute atomic E-state index is 3.86. The highest BCUT2D eigenvalue weighted by molar-refractivity contribution is 4.81. The summed E-state index contributed by atoms with van der Waals surface area (Å²) in [7, 11) is 3.65. The van der Waals surface area contributed by atoms with Crippen LogP contribution in [0.25, 0.3) is 0 Å². The molecule has 0 aliphatic heterocycles. The predicted octanol–water partition coefficient (Wildman–Crippen LogP) is -1.29. The van der Waals surface area contributed by atoms with Crippen molar-refractivity contribution in [1.29, 1.82) is 0 Å². The van der Waals surface area contributed by atoms with Crippen LogP contribution in [0.4, 0.5) is 0 Å². The average Bonchev–Trinajstić information content (AvgIpc) is 2.09. The van der Waals surface area contributed by atoms with Gasteiger partial charge < -0.3 is 10.6 Å². The zero-order valence-corrected chi connectivity index (χ0v) is 7.20. The molecule has 0 saturated heterocycles. The minimum Gasteiger partial charge on any atom is -0.313 e. The molecule has 12 heavy (non-hydrogen) atoms. The van der Waals surface area contributed by atoms with Gasteiger partial charge in [-0.3, -0.25) is 0 Å². The lowest BCUT2D eigenvalue weighted by atomic mass is 10.6. The lowest BCUT2D eigenvalue weighted by Crippen LogP contribution is -2.15. The zero-order valence-electron chi connectivity index (χ0n) is 7.20. The van der Waals surface area contributed by atoms with Gasteiger partial charge in [-0.25, -0.2) is 0 Å². The number of aromatic nitrogens is 4. The summed E-state index contributed by atoms with van der Waals surface area (Å²) in [5, 5.41) is 21.3. The molecule has 1 aromatic heterocycles. The minimum atomic E-state index is 0.597. The van der Waals surface area contributed by atoms with Crippen LogP contribution in [0.1, 0.15) is 11.6 Å². The Kier molecular flexibility index (Phi) is 3.49. The lowest BCUT2D eigenvalue weighted by Gasteiger charge is -1.97. The van der Waals surface area contributed by atoms with E-state index in [0.717, 1.165) is 0 Å². The van der Waals surface area contributed by atoms with Crippen LogP contribution in [0.15, 0.2) is 0 Å². The van der Waals surface area contributed by atoms with E-state index in [4.69, 9.17) is 0 Å². The molecule has 1 aromatic rings. The van der Waals surface area contributed by atoms with E-state index in [2.05, 4.69) is 31.0 Å². The molecule has 0 spiro atoms. The Bertz CT molecular complexity index is 195. The summed E-state index contributed by atoms with van der Waals surface area (Å²) in [5.41, 5.74) is 0. The van der Waals surface area contributed by atoms with Gasteiger partial charge in [0.15, 0.2) is 11.6 Å². The van der Waals surface area contributed by atoms with Crippen LogP contribution < -0.4 is 10.6 Å². The Balaban J connectivity index is 2.58. The van der Waals surface area contributed by atoms with Crippen LogP contribution in [0.3, 0.4) is 0 Å². The fourth-order valence-corrected chi connectivity index (χ4v) is 0.729. The van der Waals surface area contributed by atoms with Crippen molar-refractivity contribution in [3.63, 3.8) is 0 Å². The Morgan fingerprint density at radius 3 is 1.42 bits per heavy atom. The summed E-state index contributed by atoms with van der Waals surface area (Å²) in [6, 6.07) is 0. The van der Waals surface area contributed by atoms with E-state index in [1.54, 1.807) is 0 Å². The molecule has 0 aliphatic rings. The second kappa shape index (κ2) is 4.68. The molecular weight excluding hydrogens is 156 g/mol. The molecule has 0 radical (unpaired) electrons. The first-order valence-electron chi connectivity index (χ1n) is 3.71. The van der Waals surface area contributed by atoms with Crippen molar-refractivity contribution >= 4 is 0 Å². The molecule has 0 saturated carbocycles. The highest BCUT2D eigenvalue weighted by Crippen LogP contribution is 1.85. The summed E-state index contributed by atoms with van der Waals surface area (Å²) < 4.78 is 0. The number of nitrogens with one attached hydrogen (secondary N) is 2. The van der Waals surface area contributed by atoms with Gasteiger partial charge in [0, 0.05) is 0 Å². The van der Waals surface area contributed by atoms with Gasteiger partial charge in [-0.2, -0.15) is 0 Å². The van der Waals surface area contributed by atoms with Crippen molar-refractivity contribution in [2.75, 3.05) is 14.1 Å². The third-order valence-corrected chi connectivity index (χ3v) is 1.23. The number of hydrogen-bond acceptors (Lipinski definition) is 6. The van der Waals surface area contributed by atoms with Gasteiger partial charge in [-0.15, -0.1) is 20.4 Å². The molecule has 0 aliphatic carbocycles. The Hall–Kier alpha value is -1.14. The fraction of sp³-hybridized carbons (Fsp3) is 0.667. The fourth-order valence-electron chi connectivity index (χ4n) is 0.729. The van der Waals surface area contributed by atoms with Crippen LogP contribution in [0.5, 0.6) is 0 Å². The Labute approximate surface area is 70.8 Å². The quantitative estimate of drug-likeness (QED) is 0.582. The summed E-state index contributed by atoms with van der Waals surface area (Å²) in [6.45, 7) is 1.19. The van der Waals surface area contributed by atoms with Crippen molar-refractivity contribution in [2.45, 2.75) is 13.1 Å². The van der Waals surface area contributed by atoms with E-state index in [1.165, 1.54) is 0 Å². The molecule has 0 aromatic carbocycles. The van der Waals surface area contributed by atoms with Gasteiger partial charge in [-0.05, 0) is 14.1 Å². The average molecular weight is 168 g/mol. The van der Waals surface area contributed by atoms with Crippen LogP contribution in [0, 0.1) is 0 Å². The van der Waals surface area contributed by atoms with Crippen LogP contribution in [-0.4, -0.2) is 34.5 Å². The molecular formula is C6H12N6. The minimum absolute atomic E-state index is 0.597. The standard InChI is InChI=1S/C6H12N6/c1-7-3-5-9-11-6(4-8-2)12-10-5/h7-8H,3-4H2,1-2H3. The van der Waals surface area contributed by atoms with E-state index in [1.807, 2.05) is 14.1 Å². The molecule has 66 valence electrons. The number of nitrogens with zero attached hydrogens (tertiary/aromatic N) is 4. The van der Waals surface area contributed by atoms with Crippen LogP contribution in [-0.2, 0) is 13.1 Å². The molecule has 0 atom stereocenters. The maximum atomic E-state index is 3.86. The molecule has 1 rings (SSSR count). The summed E-state index contributed by atoms with van der Waals surface area (Å²) in [4.78, 5) is 0. The summed E-state index contributed by atoms with van der Waals surface area (Å²) >= 11 is 0. The maximum Gasteiger partial charge on any atom is 0.187 e. The normalized spacial score (nSPS) is 10.2. The monoisotopic (exact) mass is 168 g/mol. The summed E-state index contributed by atoms with van der Waals surface area (Å²) in [5.74, 6) is 1.22. The van der Waals surface area contributed by atoms with Crippen molar-refractivity contribution in [3.8, 4) is 0 Å². The molecule has 2 N–H and O–H groups in total. The van der Waals surface area contributed by atoms with Gasteiger partial charge in [0.2, 0.25) is 0 Å². The van der Waals surface area contributed by atoms with E-state index < -0.39 is 0 Å². The largest absolute Gasteiger partial charge is 0.313 e. The van der Waals surface area contributed by atoms with Gasteiger partial charge in [0.25, 0.3) is 0 Å². The van der Waals surface area contributed by atoms with E-state index >= 15 is 0 Å². The molecule has 0 amide bonds. The molecule has 0 fully saturated rings. The second-order valence-electron chi connectivity index (χ2n) is 2.29. The SMILES string of the molecule is CNCc1nnc(CNC)nn1. The zero-order chi connectivity index (χ0) is 8.81. The third kappa shape index (κ3) is 2.48. The van der Waals surface area contributed by atoms with Gasteiger partial charge in [0.05, 0.1) is 13.1 Å². The van der Waals surface area contributed by atoms with Crippen LogP contribution >= 0.6 is 0 Å². The second-order valence-corrected chi connectivity index (χ2v) is 2.29. The van der Waals surface area contributed by atoms with Gasteiger partial charge >= 0.3 is 0 Å². The molecule has 6 nitrogen and oxygen atoms in total. The third-order valence-electron chi connectivity index (χ3n) is 1.23. The Morgan fingerprint density at radius 2 is 1.17 bits per heavy atom. The van der Waals surface area contributed by atoms with Gasteiger partial charge in [-0.1, -0.05) is 0 Å². The van der Waals surface area contributed by atoms with E-state index in [9.17, 15) is 0 Å². The van der Waals surface area contributed by atoms with Crippen molar-refractivity contribution in [1.82, 2.24) is 31.0 Å². The Morgan fingerprint density at radius 1 is 0.833 bits per heavy atom. The first-order chi connectivity index (χ1) is 5.86. The van der Waals surface area contributed by atoms with E-state index in [-0.39, 0.29) is 0 Å². The number of hydrogen-bond donors (Lipinski definition) is 2. The van der Waals surface area contributed by atoms with E-state index in [0.29, 0.717) is 24.7 Å². The lowest BCUT2D eigenvalue weighted by molar-refractivity contribution is 0.637. The molecule has 1 heterocycles. The number of rotatable bonds is 4. The van der Waals surface area contributed by atoms with Gasteiger partial charge in [0.1, 0.15) is 0 Å². The van der Waals surface area contributed by atoms with Crippen molar-refractivity contribution in [3.05, 3.63) is 11.6 Å².